The van der Waals surface area contributed by atoms with E-state index in [0.717, 1.165) is 69.5 Å². The van der Waals surface area contributed by atoms with Crippen molar-refractivity contribution in [1.82, 2.24) is 4.90 Å². The highest BCUT2D eigenvalue weighted by Gasteiger charge is 2.35. The van der Waals surface area contributed by atoms with Gasteiger partial charge in [0.1, 0.15) is 0 Å². The van der Waals surface area contributed by atoms with Crippen molar-refractivity contribution in [2.24, 2.45) is 0 Å². The summed E-state index contributed by atoms with van der Waals surface area (Å²) < 4.78 is 2.43. The van der Waals surface area contributed by atoms with Crippen molar-refractivity contribution < 1.29 is 9.37 Å². The molecule has 7 rings (SSSR count). The Bertz CT molecular complexity index is 1470. The summed E-state index contributed by atoms with van der Waals surface area (Å²) in [6.45, 7) is 2.75. The lowest BCUT2D eigenvalue weighted by Crippen LogP contribution is -2.40. The predicted octanol–water partition coefficient (Wildman–Crippen LogP) is 6.19. The molecular formula is C33H35N4O+. The van der Waals surface area contributed by atoms with Crippen molar-refractivity contribution in [2.75, 3.05) is 36.5 Å². The van der Waals surface area contributed by atoms with E-state index in [1.807, 2.05) is 22.9 Å². The predicted molar refractivity (Wildman–Crippen MR) is 154 cm³/mol. The number of amides is 2. The second kappa shape index (κ2) is 9.46. The zero-order valence-electron chi connectivity index (χ0n) is 22.2. The third-order valence-corrected chi connectivity index (χ3v) is 8.77. The van der Waals surface area contributed by atoms with Gasteiger partial charge in [0.15, 0.2) is 12.8 Å². The molecular weight excluding hydrogens is 468 g/mol. The van der Waals surface area contributed by atoms with Gasteiger partial charge in [-0.3, -0.25) is 9.80 Å². The van der Waals surface area contributed by atoms with Gasteiger partial charge in [0.2, 0.25) is 5.70 Å². The minimum atomic E-state index is 0.0596. The summed E-state index contributed by atoms with van der Waals surface area (Å²) in [7, 11) is 1.97. The van der Waals surface area contributed by atoms with Crippen LogP contribution in [0.3, 0.4) is 0 Å². The van der Waals surface area contributed by atoms with E-state index in [4.69, 9.17) is 0 Å². The van der Waals surface area contributed by atoms with E-state index in [0.29, 0.717) is 0 Å². The first-order chi connectivity index (χ1) is 18.7. The zero-order valence-corrected chi connectivity index (χ0v) is 22.2. The van der Waals surface area contributed by atoms with Crippen LogP contribution in [-0.4, -0.2) is 48.4 Å². The van der Waals surface area contributed by atoms with E-state index in [1.165, 1.54) is 40.1 Å². The van der Waals surface area contributed by atoms with Crippen molar-refractivity contribution in [3.63, 3.8) is 0 Å². The number of likely N-dealkylation sites (N-methyl/N-ethyl adjacent to an activating group) is 1. The van der Waals surface area contributed by atoms with E-state index in [9.17, 15) is 4.79 Å². The standard InChI is InChI=1S/C33H35N4O/c1-34(33(38)37-21-18-26-10-4-7-13-31(26)37)32-27(22-35-19-16-24-8-2-5-11-29(24)35)14-15-28(32)23-36-20-17-25-9-3-6-12-30(25)36/h2,4-8,10-13,22-23H,3,9,14-21H2,1H3/q+1. The number of para-hydroxylation sites is 2. The Labute approximate surface area is 225 Å². The maximum atomic E-state index is 14.0. The summed E-state index contributed by atoms with van der Waals surface area (Å²) in [4.78, 5) is 20.3. The van der Waals surface area contributed by atoms with Gasteiger partial charge in [0.25, 0.3) is 0 Å². The van der Waals surface area contributed by atoms with Gasteiger partial charge >= 0.3 is 6.03 Å². The number of allylic oxidation sites excluding steroid dienone is 4. The van der Waals surface area contributed by atoms with Crippen LogP contribution >= 0.6 is 0 Å². The largest absolute Gasteiger partial charge is 0.347 e. The molecule has 0 aromatic heterocycles. The Morgan fingerprint density at radius 1 is 0.895 bits per heavy atom. The number of benzene rings is 2. The van der Waals surface area contributed by atoms with Crippen molar-refractivity contribution >= 4 is 23.6 Å². The number of hydrogen-bond donors (Lipinski definition) is 0. The highest BCUT2D eigenvalue weighted by atomic mass is 16.2. The fourth-order valence-electron chi connectivity index (χ4n) is 6.84. The fraction of sp³-hybridized carbons (Fsp3) is 0.333. The fourth-order valence-corrected chi connectivity index (χ4v) is 6.84. The average molecular weight is 504 g/mol. The molecule has 0 radical (unpaired) electrons. The van der Waals surface area contributed by atoms with E-state index >= 15 is 0 Å². The molecule has 2 aliphatic carbocycles. The van der Waals surface area contributed by atoms with Gasteiger partial charge in [0, 0.05) is 61.4 Å². The van der Waals surface area contributed by atoms with Crippen LogP contribution in [0.25, 0.3) is 0 Å². The Balaban J connectivity index is 1.28. The molecule has 0 spiro atoms. The lowest BCUT2D eigenvalue weighted by atomic mass is 10.0. The van der Waals surface area contributed by atoms with Crippen molar-refractivity contribution in [2.45, 2.75) is 44.9 Å². The Hall–Kier alpha value is -3.86. The molecule has 2 amide bonds. The topological polar surface area (TPSA) is 29.8 Å². The first-order valence-corrected chi connectivity index (χ1v) is 14.1. The molecule has 0 N–H and O–H groups in total. The normalized spacial score (nSPS) is 22.1. The Morgan fingerprint density at radius 3 is 2.53 bits per heavy atom. The molecule has 38 heavy (non-hydrogen) atoms. The molecule has 0 fully saturated rings. The third-order valence-electron chi connectivity index (χ3n) is 8.77. The maximum absolute atomic E-state index is 14.0. The van der Waals surface area contributed by atoms with Crippen LogP contribution in [-0.2, 0) is 12.8 Å². The highest BCUT2D eigenvalue weighted by molar-refractivity contribution is 5.96. The molecule has 0 atom stereocenters. The Kier molecular flexibility index (Phi) is 5.80. The minimum Gasteiger partial charge on any atom is -0.347 e. The van der Waals surface area contributed by atoms with Gasteiger partial charge in [-0.25, -0.2) is 4.79 Å². The van der Waals surface area contributed by atoms with E-state index in [2.05, 4.69) is 76.5 Å². The zero-order chi connectivity index (χ0) is 25.6. The Morgan fingerprint density at radius 2 is 1.66 bits per heavy atom. The average Bonchev–Trinajstić information content (AvgIpc) is 3.74. The van der Waals surface area contributed by atoms with Crippen LogP contribution in [0.2, 0.25) is 0 Å². The summed E-state index contributed by atoms with van der Waals surface area (Å²) in [5, 5.41) is 0. The van der Waals surface area contributed by atoms with Gasteiger partial charge in [-0.2, -0.15) is 4.58 Å². The summed E-state index contributed by atoms with van der Waals surface area (Å²) in [5.41, 5.74) is 11.5. The minimum absolute atomic E-state index is 0.0596. The first kappa shape index (κ1) is 23.3. The smallest absolute Gasteiger partial charge is 0.328 e. The van der Waals surface area contributed by atoms with E-state index in [-0.39, 0.29) is 6.03 Å². The number of rotatable bonds is 3. The lowest BCUT2D eigenvalue weighted by Gasteiger charge is -2.28. The number of fused-ring (bicyclic) bond motifs is 2. The van der Waals surface area contributed by atoms with Gasteiger partial charge in [-0.15, -0.1) is 0 Å². The van der Waals surface area contributed by atoms with E-state index < -0.39 is 0 Å². The van der Waals surface area contributed by atoms with Crippen LogP contribution in [0.5, 0.6) is 0 Å². The van der Waals surface area contributed by atoms with Crippen LogP contribution < -0.4 is 9.80 Å². The monoisotopic (exact) mass is 503 g/mol. The second-order valence-corrected chi connectivity index (χ2v) is 11.0. The maximum Gasteiger partial charge on any atom is 0.328 e. The van der Waals surface area contributed by atoms with Gasteiger partial charge < -0.3 is 4.90 Å². The molecule has 2 aromatic rings. The number of carbonyl (C=O) groups is 1. The molecule has 0 saturated carbocycles. The van der Waals surface area contributed by atoms with Gasteiger partial charge in [-0.1, -0.05) is 42.5 Å². The summed E-state index contributed by atoms with van der Waals surface area (Å²) >= 11 is 0. The summed E-state index contributed by atoms with van der Waals surface area (Å²) in [6.07, 6.45) is 16.6. The molecule has 0 saturated heterocycles. The molecule has 0 bridgehead atoms. The number of hydrogen-bond acceptors (Lipinski definition) is 2. The SMILES string of the molecule is CN(C(=O)N1CCc2ccccc21)C1=C(C=[N+]2CCC3=C2C=CCC3)CC/C1=C\N1CCc2ccccc21. The number of nitrogens with zero attached hydrogens (tertiary/aromatic N) is 4. The van der Waals surface area contributed by atoms with E-state index in [1.54, 1.807) is 5.57 Å². The molecule has 0 unspecified atom stereocenters. The summed E-state index contributed by atoms with van der Waals surface area (Å²) in [6, 6.07) is 17.1. The lowest BCUT2D eigenvalue weighted by molar-refractivity contribution is -0.456. The molecule has 3 heterocycles. The number of carbonyl (C=O) groups excluding carboxylic acids is 1. The molecule has 3 aliphatic heterocycles. The molecule has 5 heteroatoms. The highest BCUT2D eigenvalue weighted by Crippen LogP contribution is 2.38. The first-order valence-electron chi connectivity index (χ1n) is 14.1. The molecule has 5 nitrogen and oxygen atoms in total. The van der Waals surface area contributed by atoms with Gasteiger partial charge in [0.05, 0.1) is 5.70 Å². The summed E-state index contributed by atoms with van der Waals surface area (Å²) in [5.74, 6) is 0. The van der Waals surface area contributed by atoms with Crippen LogP contribution in [0.4, 0.5) is 16.2 Å². The number of anilines is 2. The van der Waals surface area contributed by atoms with Crippen LogP contribution in [0, 0.1) is 0 Å². The quantitative estimate of drug-likeness (QED) is 0.468. The molecule has 192 valence electrons. The van der Waals surface area contributed by atoms with Crippen LogP contribution in [0.15, 0.2) is 95.0 Å². The van der Waals surface area contributed by atoms with Crippen molar-refractivity contribution in [3.05, 3.63) is 106 Å². The number of urea groups is 1. The van der Waals surface area contributed by atoms with Crippen LogP contribution in [0.1, 0.15) is 43.2 Å². The second-order valence-electron chi connectivity index (χ2n) is 11.0. The van der Waals surface area contributed by atoms with Gasteiger partial charge in [-0.05, 0) is 67.4 Å². The van der Waals surface area contributed by atoms with Crippen molar-refractivity contribution in [1.29, 1.82) is 0 Å². The third kappa shape index (κ3) is 3.92. The van der Waals surface area contributed by atoms with Crippen molar-refractivity contribution in [3.8, 4) is 0 Å². The molecule has 2 aromatic carbocycles. The molecule has 5 aliphatic rings.